The van der Waals surface area contributed by atoms with Gasteiger partial charge < -0.3 is 15.5 Å². The summed E-state index contributed by atoms with van der Waals surface area (Å²) in [6, 6.07) is 13.4. The Morgan fingerprint density at radius 3 is 2.07 bits per heavy atom. The Balaban J connectivity index is 2.09. The Bertz CT molecular complexity index is 887. The standard InChI is InChI=1S/C24H31N3O3/c1-6-27(7-2)24(30)18-12-14-19(15-13-18)25-23(29)21(16(3)4)26-22(28)20-11-9-8-10-17(20)5/h8-16,21H,6-7H2,1-5H3,(H,25,29)(H,26,28)/t21-/m0/s1. The molecule has 160 valence electrons. The average Bonchev–Trinajstić information content (AvgIpc) is 2.73. The van der Waals surface area contributed by atoms with Crippen molar-refractivity contribution in [3.05, 3.63) is 65.2 Å². The van der Waals surface area contributed by atoms with Crippen LogP contribution in [0.15, 0.2) is 48.5 Å². The molecule has 0 saturated heterocycles. The second kappa shape index (κ2) is 10.6. The van der Waals surface area contributed by atoms with Gasteiger partial charge in [-0.3, -0.25) is 14.4 Å². The summed E-state index contributed by atoms with van der Waals surface area (Å²) in [5.41, 5.74) is 2.55. The summed E-state index contributed by atoms with van der Waals surface area (Å²) in [7, 11) is 0. The summed E-state index contributed by atoms with van der Waals surface area (Å²) in [5, 5.41) is 5.68. The number of nitrogens with zero attached hydrogens (tertiary/aromatic N) is 1. The maximum Gasteiger partial charge on any atom is 0.253 e. The highest BCUT2D eigenvalue weighted by molar-refractivity contribution is 6.02. The van der Waals surface area contributed by atoms with Crippen molar-refractivity contribution in [2.75, 3.05) is 18.4 Å². The topological polar surface area (TPSA) is 78.5 Å². The first-order valence-corrected chi connectivity index (χ1v) is 10.3. The van der Waals surface area contributed by atoms with E-state index in [1.165, 1.54) is 0 Å². The fourth-order valence-corrected chi connectivity index (χ4v) is 3.19. The summed E-state index contributed by atoms with van der Waals surface area (Å²) in [4.78, 5) is 39.6. The molecule has 6 heteroatoms. The molecule has 1 atom stereocenters. The minimum absolute atomic E-state index is 0.0385. The van der Waals surface area contributed by atoms with Crippen molar-refractivity contribution >= 4 is 23.4 Å². The molecule has 0 saturated carbocycles. The van der Waals surface area contributed by atoms with Gasteiger partial charge in [0, 0.05) is 29.9 Å². The number of carbonyl (C=O) groups excluding carboxylic acids is 3. The van der Waals surface area contributed by atoms with Gasteiger partial charge in [0.05, 0.1) is 0 Å². The van der Waals surface area contributed by atoms with Gasteiger partial charge >= 0.3 is 0 Å². The molecule has 2 rings (SSSR count). The van der Waals surface area contributed by atoms with E-state index >= 15 is 0 Å². The molecule has 0 bridgehead atoms. The molecule has 0 heterocycles. The lowest BCUT2D eigenvalue weighted by Gasteiger charge is -2.22. The van der Waals surface area contributed by atoms with Gasteiger partial charge in [-0.1, -0.05) is 32.0 Å². The van der Waals surface area contributed by atoms with Crippen LogP contribution in [-0.4, -0.2) is 41.8 Å². The lowest BCUT2D eigenvalue weighted by molar-refractivity contribution is -0.118. The van der Waals surface area contributed by atoms with E-state index in [0.717, 1.165) is 5.56 Å². The molecule has 0 spiro atoms. The van der Waals surface area contributed by atoms with Crippen LogP contribution < -0.4 is 10.6 Å². The summed E-state index contributed by atoms with van der Waals surface area (Å²) < 4.78 is 0. The van der Waals surface area contributed by atoms with Gasteiger partial charge in [-0.2, -0.15) is 0 Å². The molecule has 3 amide bonds. The number of amides is 3. The Morgan fingerprint density at radius 1 is 0.933 bits per heavy atom. The number of benzene rings is 2. The molecular formula is C24H31N3O3. The highest BCUT2D eigenvalue weighted by Gasteiger charge is 2.25. The SMILES string of the molecule is CCN(CC)C(=O)c1ccc(NC(=O)[C@@H](NC(=O)c2ccccc2C)C(C)C)cc1. The number of nitrogens with one attached hydrogen (secondary N) is 2. The molecule has 30 heavy (non-hydrogen) atoms. The van der Waals surface area contributed by atoms with Crippen molar-refractivity contribution in [3.63, 3.8) is 0 Å². The van der Waals surface area contributed by atoms with E-state index in [1.807, 2.05) is 46.8 Å². The van der Waals surface area contributed by atoms with Crippen molar-refractivity contribution in [3.8, 4) is 0 Å². The van der Waals surface area contributed by atoms with Gasteiger partial charge in [-0.25, -0.2) is 0 Å². The third-order valence-electron chi connectivity index (χ3n) is 5.08. The molecule has 2 aromatic rings. The monoisotopic (exact) mass is 409 g/mol. The van der Waals surface area contributed by atoms with Crippen LogP contribution >= 0.6 is 0 Å². The van der Waals surface area contributed by atoms with Crippen LogP contribution in [0, 0.1) is 12.8 Å². The lowest BCUT2D eigenvalue weighted by atomic mass is 10.0. The molecule has 0 radical (unpaired) electrons. The van der Waals surface area contributed by atoms with Crippen molar-refractivity contribution in [1.29, 1.82) is 0 Å². The molecule has 0 fully saturated rings. The van der Waals surface area contributed by atoms with Crippen LogP contribution in [0.5, 0.6) is 0 Å². The van der Waals surface area contributed by atoms with Crippen LogP contribution in [-0.2, 0) is 4.79 Å². The zero-order valence-electron chi connectivity index (χ0n) is 18.4. The van der Waals surface area contributed by atoms with E-state index in [-0.39, 0.29) is 23.6 Å². The van der Waals surface area contributed by atoms with E-state index < -0.39 is 6.04 Å². The van der Waals surface area contributed by atoms with Crippen molar-refractivity contribution in [1.82, 2.24) is 10.2 Å². The third kappa shape index (κ3) is 5.69. The highest BCUT2D eigenvalue weighted by atomic mass is 16.2. The Kier molecular flexibility index (Phi) is 8.16. The number of hydrogen-bond acceptors (Lipinski definition) is 3. The Labute approximate surface area is 178 Å². The number of carbonyl (C=O) groups is 3. The summed E-state index contributed by atoms with van der Waals surface area (Å²) in [5.74, 6) is -0.707. The maximum atomic E-state index is 12.8. The number of hydrogen-bond donors (Lipinski definition) is 2. The second-order valence-electron chi connectivity index (χ2n) is 7.55. The normalized spacial score (nSPS) is 11.7. The predicted octanol–water partition coefficient (Wildman–Crippen LogP) is 3.87. The van der Waals surface area contributed by atoms with Crippen LogP contribution in [0.4, 0.5) is 5.69 Å². The minimum atomic E-state index is -0.686. The Hall–Kier alpha value is -3.15. The molecule has 0 aliphatic carbocycles. The first-order chi connectivity index (χ1) is 14.3. The van der Waals surface area contributed by atoms with Crippen molar-refractivity contribution < 1.29 is 14.4 Å². The molecule has 2 N–H and O–H groups in total. The van der Waals surface area contributed by atoms with E-state index in [0.29, 0.717) is 29.9 Å². The van der Waals surface area contributed by atoms with Gasteiger partial charge in [-0.05, 0) is 62.6 Å². The van der Waals surface area contributed by atoms with Gasteiger partial charge in [0.25, 0.3) is 11.8 Å². The number of anilines is 1. The van der Waals surface area contributed by atoms with E-state index in [9.17, 15) is 14.4 Å². The van der Waals surface area contributed by atoms with Crippen molar-refractivity contribution in [2.45, 2.75) is 40.7 Å². The Morgan fingerprint density at radius 2 is 1.53 bits per heavy atom. The number of aryl methyl sites for hydroxylation is 1. The maximum absolute atomic E-state index is 12.8. The molecule has 0 unspecified atom stereocenters. The van der Waals surface area contributed by atoms with Crippen LogP contribution in [0.1, 0.15) is 54.0 Å². The molecular weight excluding hydrogens is 378 g/mol. The quantitative estimate of drug-likeness (QED) is 0.695. The second-order valence-corrected chi connectivity index (χ2v) is 7.55. The smallest absolute Gasteiger partial charge is 0.253 e. The molecule has 2 aromatic carbocycles. The molecule has 0 aromatic heterocycles. The van der Waals surface area contributed by atoms with E-state index in [2.05, 4.69) is 10.6 Å². The van der Waals surface area contributed by atoms with E-state index in [4.69, 9.17) is 0 Å². The van der Waals surface area contributed by atoms with Gasteiger partial charge in [0.2, 0.25) is 5.91 Å². The van der Waals surface area contributed by atoms with Gasteiger partial charge in [0.15, 0.2) is 0 Å². The predicted molar refractivity (Wildman–Crippen MR) is 120 cm³/mol. The summed E-state index contributed by atoms with van der Waals surface area (Å²) in [6.45, 7) is 10.8. The largest absolute Gasteiger partial charge is 0.340 e. The van der Waals surface area contributed by atoms with Gasteiger partial charge in [0.1, 0.15) is 6.04 Å². The van der Waals surface area contributed by atoms with Gasteiger partial charge in [-0.15, -0.1) is 0 Å². The summed E-state index contributed by atoms with van der Waals surface area (Å²) >= 11 is 0. The third-order valence-corrected chi connectivity index (χ3v) is 5.08. The molecule has 6 nitrogen and oxygen atoms in total. The average molecular weight is 410 g/mol. The lowest BCUT2D eigenvalue weighted by Crippen LogP contribution is -2.47. The fourth-order valence-electron chi connectivity index (χ4n) is 3.19. The first kappa shape index (κ1) is 23.1. The fraction of sp³-hybridized carbons (Fsp3) is 0.375. The zero-order chi connectivity index (χ0) is 22.3. The van der Waals surface area contributed by atoms with Crippen LogP contribution in [0.2, 0.25) is 0 Å². The molecule has 0 aliphatic heterocycles. The van der Waals surface area contributed by atoms with E-state index in [1.54, 1.807) is 41.3 Å². The zero-order valence-corrected chi connectivity index (χ0v) is 18.4. The molecule has 0 aliphatic rings. The van der Waals surface area contributed by atoms with Crippen LogP contribution in [0.25, 0.3) is 0 Å². The highest BCUT2D eigenvalue weighted by Crippen LogP contribution is 2.14. The number of rotatable bonds is 8. The van der Waals surface area contributed by atoms with Crippen molar-refractivity contribution in [2.24, 2.45) is 5.92 Å². The minimum Gasteiger partial charge on any atom is -0.340 e. The first-order valence-electron chi connectivity index (χ1n) is 10.3. The summed E-state index contributed by atoms with van der Waals surface area (Å²) in [6.07, 6.45) is 0. The van der Waals surface area contributed by atoms with Crippen LogP contribution in [0.3, 0.4) is 0 Å².